The van der Waals surface area contributed by atoms with Crippen LogP contribution in [-0.2, 0) is 12.0 Å². The SMILES string of the molecule is CCC(C)(C)c1ccc(C(O)COc2c(N)cc(CO)cc2OC)cc1. The van der Waals surface area contributed by atoms with Gasteiger partial charge < -0.3 is 25.4 Å². The lowest BCUT2D eigenvalue weighted by Gasteiger charge is -2.24. The van der Waals surface area contributed by atoms with Gasteiger partial charge in [0.2, 0.25) is 0 Å². The van der Waals surface area contributed by atoms with Crippen molar-refractivity contribution in [2.75, 3.05) is 19.5 Å². The average molecular weight is 359 g/mol. The van der Waals surface area contributed by atoms with E-state index in [2.05, 4.69) is 20.8 Å². The third-order valence-corrected chi connectivity index (χ3v) is 4.89. The number of aliphatic hydroxyl groups is 2. The van der Waals surface area contributed by atoms with Crippen molar-refractivity contribution >= 4 is 5.69 Å². The number of benzene rings is 2. The second-order valence-corrected chi connectivity index (χ2v) is 7.06. The predicted octanol–water partition coefficient (Wildman–Crippen LogP) is 3.57. The van der Waals surface area contributed by atoms with Crippen molar-refractivity contribution in [3.63, 3.8) is 0 Å². The van der Waals surface area contributed by atoms with Gasteiger partial charge in [0.1, 0.15) is 12.7 Å². The molecule has 0 aliphatic carbocycles. The van der Waals surface area contributed by atoms with Gasteiger partial charge in [-0.05, 0) is 40.7 Å². The minimum absolute atomic E-state index is 0.0511. The maximum Gasteiger partial charge on any atom is 0.184 e. The average Bonchev–Trinajstić information content (AvgIpc) is 2.66. The number of aliphatic hydroxyl groups excluding tert-OH is 2. The molecule has 0 aliphatic heterocycles. The first-order valence-electron chi connectivity index (χ1n) is 8.81. The number of rotatable bonds is 8. The summed E-state index contributed by atoms with van der Waals surface area (Å²) in [5.74, 6) is 0.800. The van der Waals surface area contributed by atoms with E-state index in [-0.39, 0.29) is 18.6 Å². The normalized spacial score (nSPS) is 12.7. The Labute approximate surface area is 155 Å². The molecule has 0 fully saturated rings. The highest BCUT2D eigenvalue weighted by Gasteiger charge is 2.19. The van der Waals surface area contributed by atoms with Gasteiger partial charge in [-0.2, -0.15) is 0 Å². The number of hydrogen-bond donors (Lipinski definition) is 3. The summed E-state index contributed by atoms with van der Waals surface area (Å²) in [7, 11) is 1.51. The summed E-state index contributed by atoms with van der Waals surface area (Å²) in [6.45, 7) is 6.48. The molecule has 0 aliphatic rings. The second-order valence-electron chi connectivity index (χ2n) is 7.06. The summed E-state index contributed by atoms with van der Waals surface area (Å²) in [6.07, 6.45) is 0.261. The zero-order valence-corrected chi connectivity index (χ0v) is 16.0. The van der Waals surface area contributed by atoms with E-state index in [4.69, 9.17) is 15.2 Å². The van der Waals surface area contributed by atoms with E-state index in [1.807, 2.05) is 24.3 Å². The quantitative estimate of drug-likeness (QED) is 0.628. The van der Waals surface area contributed by atoms with Crippen LogP contribution in [-0.4, -0.2) is 23.9 Å². The van der Waals surface area contributed by atoms with Gasteiger partial charge in [-0.15, -0.1) is 0 Å². The highest BCUT2D eigenvalue weighted by atomic mass is 16.5. The van der Waals surface area contributed by atoms with E-state index in [1.165, 1.54) is 12.7 Å². The van der Waals surface area contributed by atoms with Crippen LogP contribution in [0.4, 0.5) is 5.69 Å². The molecule has 0 heterocycles. The van der Waals surface area contributed by atoms with Gasteiger partial charge in [0.05, 0.1) is 19.4 Å². The molecular formula is C21H29NO4. The molecule has 0 saturated heterocycles. The molecule has 4 N–H and O–H groups in total. The van der Waals surface area contributed by atoms with Crippen LogP contribution in [0.3, 0.4) is 0 Å². The lowest BCUT2D eigenvalue weighted by atomic mass is 9.82. The molecule has 5 heteroatoms. The van der Waals surface area contributed by atoms with Crippen LogP contribution < -0.4 is 15.2 Å². The van der Waals surface area contributed by atoms with Crippen molar-refractivity contribution in [1.82, 2.24) is 0 Å². The molecule has 0 spiro atoms. The smallest absolute Gasteiger partial charge is 0.184 e. The first-order valence-corrected chi connectivity index (χ1v) is 8.81. The van der Waals surface area contributed by atoms with Gasteiger partial charge in [0.15, 0.2) is 11.5 Å². The largest absolute Gasteiger partial charge is 0.493 e. The summed E-state index contributed by atoms with van der Waals surface area (Å²) in [5, 5.41) is 19.7. The van der Waals surface area contributed by atoms with Gasteiger partial charge in [-0.1, -0.05) is 45.0 Å². The van der Waals surface area contributed by atoms with Crippen LogP contribution >= 0.6 is 0 Å². The molecule has 1 atom stereocenters. The van der Waals surface area contributed by atoms with Crippen LogP contribution in [0.5, 0.6) is 11.5 Å². The van der Waals surface area contributed by atoms with Crippen molar-refractivity contribution in [1.29, 1.82) is 0 Å². The maximum absolute atomic E-state index is 10.4. The van der Waals surface area contributed by atoms with Crippen LogP contribution in [0.1, 0.15) is 50.0 Å². The molecule has 26 heavy (non-hydrogen) atoms. The maximum atomic E-state index is 10.4. The summed E-state index contributed by atoms with van der Waals surface area (Å²) in [6, 6.07) is 11.2. The van der Waals surface area contributed by atoms with Gasteiger partial charge in [0, 0.05) is 0 Å². The van der Waals surface area contributed by atoms with Crippen molar-refractivity contribution in [2.45, 2.75) is 45.3 Å². The highest BCUT2D eigenvalue weighted by molar-refractivity contribution is 5.62. The fourth-order valence-electron chi connectivity index (χ4n) is 2.70. The lowest BCUT2D eigenvalue weighted by molar-refractivity contribution is 0.107. The Morgan fingerprint density at radius 2 is 1.81 bits per heavy atom. The fraction of sp³-hybridized carbons (Fsp3) is 0.429. The summed E-state index contributed by atoms with van der Waals surface area (Å²) in [4.78, 5) is 0. The summed E-state index contributed by atoms with van der Waals surface area (Å²) in [5.41, 5.74) is 9.11. The molecular weight excluding hydrogens is 330 g/mol. The molecule has 0 saturated carbocycles. The molecule has 2 aromatic rings. The van der Waals surface area contributed by atoms with Crippen LogP contribution in [0, 0.1) is 0 Å². The van der Waals surface area contributed by atoms with Gasteiger partial charge in [-0.25, -0.2) is 0 Å². The number of hydrogen-bond acceptors (Lipinski definition) is 5. The Morgan fingerprint density at radius 1 is 1.15 bits per heavy atom. The Morgan fingerprint density at radius 3 is 2.35 bits per heavy atom. The minimum Gasteiger partial charge on any atom is -0.493 e. The Kier molecular flexibility index (Phi) is 6.51. The molecule has 1 unspecified atom stereocenters. The number of ether oxygens (including phenoxy) is 2. The minimum atomic E-state index is -0.782. The van der Waals surface area contributed by atoms with Crippen LogP contribution in [0.25, 0.3) is 0 Å². The van der Waals surface area contributed by atoms with Crippen molar-refractivity contribution in [3.8, 4) is 11.5 Å². The summed E-state index contributed by atoms with van der Waals surface area (Å²) < 4.78 is 11.0. The van der Waals surface area contributed by atoms with Crippen molar-refractivity contribution < 1.29 is 19.7 Å². The molecule has 0 amide bonds. The molecule has 5 nitrogen and oxygen atoms in total. The van der Waals surface area contributed by atoms with Crippen LogP contribution in [0.2, 0.25) is 0 Å². The Balaban J connectivity index is 2.10. The third kappa shape index (κ3) is 4.48. The van der Waals surface area contributed by atoms with Crippen LogP contribution in [0.15, 0.2) is 36.4 Å². The Hall–Kier alpha value is -2.24. The van der Waals surface area contributed by atoms with Crippen molar-refractivity contribution in [3.05, 3.63) is 53.1 Å². The summed E-state index contributed by atoms with van der Waals surface area (Å²) >= 11 is 0. The molecule has 142 valence electrons. The predicted molar refractivity (Wildman–Crippen MR) is 104 cm³/mol. The van der Waals surface area contributed by atoms with E-state index >= 15 is 0 Å². The van der Waals surface area contributed by atoms with Crippen molar-refractivity contribution in [2.24, 2.45) is 0 Å². The van der Waals surface area contributed by atoms with E-state index in [0.717, 1.165) is 12.0 Å². The fourth-order valence-corrected chi connectivity index (χ4v) is 2.70. The molecule has 0 radical (unpaired) electrons. The number of nitrogen functional groups attached to an aromatic ring is 1. The third-order valence-electron chi connectivity index (χ3n) is 4.89. The number of methoxy groups -OCH3 is 1. The first kappa shape index (κ1) is 20.1. The zero-order chi connectivity index (χ0) is 19.3. The lowest BCUT2D eigenvalue weighted by Crippen LogP contribution is -2.16. The standard InChI is InChI=1S/C21H29NO4/c1-5-21(2,3)16-8-6-15(7-9-16)18(24)13-26-20-17(22)10-14(12-23)11-19(20)25-4/h6-11,18,23-24H,5,12-13,22H2,1-4H3. The number of anilines is 1. The van der Waals surface area contributed by atoms with E-state index in [9.17, 15) is 10.2 Å². The highest BCUT2D eigenvalue weighted by Crippen LogP contribution is 2.36. The van der Waals surface area contributed by atoms with E-state index in [1.54, 1.807) is 12.1 Å². The molecule has 2 rings (SSSR count). The topological polar surface area (TPSA) is 84.9 Å². The second kappa shape index (κ2) is 8.43. The first-order chi connectivity index (χ1) is 12.3. The van der Waals surface area contributed by atoms with Gasteiger partial charge in [0.25, 0.3) is 0 Å². The van der Waals surface area contributed by atoms with E-state index in [0.29, 0.717) is 22.7 Å². The zero-order valence-electron chi connectivity index (χ0n) is 16.0. The molecule has 0 aromatic heterocycles. The molecule has 0 bridgehead atoms. The number of nitrogens with two attached hydrogens (primary N) is 1. The van der Waals surface area contributed by atoms with E-state index < -0.39 is 6.10 Å². The van der Waals surface area contributed by atoms with Gasteiger partial charge >= 0.3 is 0 Å². The monoisotopic (exact) mass is 359 g/mol. The Bertz CT molecular complexity index is 726. The van der Waals surface area contributed by atoms with Gasteiger partial charge in [-0.3, -0.25) is 0 Å². The molecule has 2 aromatic carbocycles.